The molecule has 1 amide bonds. The second-order valence-electron chi connectivity index (χ2n) is 6.61. The number of rotatable bonds is 9. The molecule has 29 heavy (non-hydrogen) atoms. The summed E-state index contributed by atoms with van der Waals surface area (Å²) in [6.45, 7) is 3.45. The third-order valence-corrected chi connectivity index (χ3v) is 6.29. The van der Waals surface area contributed by atoms with Crippen LogP contribution < -0.4 is 10.5 Å². The van der Waals surface area contributed by atoms with Crippen LogP contribution in [0.4, 0.5) is 0 Å². The van der Waals surface area contributed by atoms with Gasteiger partial charge in [0.05, 0.1) is 21.7 Å². The molecule has 0 unspecified atom stereocenters. The normalized spacial score (nSPS) is 11.7. The lowest BCUT2D eigenvalue weighted by Gasteiger charge is -2.08. The molecule has 0 bridgehead atoms. The molecule has 7 nitrogen and oxygen atoms in total. The van der Waals surface area contributed by atoms with Crippen molar-refractivity contribution in [1.82, 2.24) is 14.9 Å². The van der Waals surface area contributed by atoms with Gasteiger partial charge in [-0.1, -0.05) is 43.0 Å². The zero-order valence-electron chi connectivity index (χ0n) is 16.2. The second kappa shape index (κ2) is 9.43. The Morgan fingerprint density at radius 2 is 1.90 bits per heavy atom. The number of fused-ring (bicyclic) bond motifs is 1. The second-order valence-corrected chi connectivity index (χ2v) is 9.12. The van der Waals surface area contributed by atoms with E-state index >= 15 is 0 Å². The molecule has 3 rings (SSSR count). The minimum Gasteiger partial charge on any atom is -0.355 e. The van der Waals surface area contributed by atoms with Crippen molar-refractivity contribution in [2.24, 2.45) is 5.14 Å². The molecule has 0 aliphatic rings. The number of nitrogens with zero attached hydrogens (tertiary/aromatic N) is 2. The fraction of sp³-hybridized carbons (Fsp3) is 0.300. The van der Waals surface area contributed by atoms with Crippen LogP contribution in [0.15, 0.2) is 58.6 Å². The molecule has 3 aromatic rings. The van der Waals surface area contributed by atoms with E-state index in [1.54, 1.807) is 12.1 Å². The number of carbonyl (C=O) groups excluding carboxylic acids is 1. The molecule has 0 saturated carbocycles. The van der Waals surface area contributed by atoms with Gasteiger partial charge in [0, 0.05) is 13.1 Å². The van der Waals surface area contributed by atoms with Gasteiger partial charge in [-0.3, -0.25) is 4.79 Å². The molecule has 1 heterocycles. The van der Waals surface area contributed by atoms with Crippen molar-refractivity contribution >= 4 is 38.7 Å². The number of hydrogen-bond donors (Lipinski definition) is 2. The summed E-state index contributed by atoms with van der Waals surface area (Å²) in [5.41, 5.74) is 2.95. The van der Waals surface area contributed by atoms with Gasteiger partial charge in [0.2, 0.25) is 15.9 Å². The molecule has 0 radical (unpaired) electrons. The molecule has 0 aliphatic heterocycles. The number of thioether (sulfide) groups is 1. The highest BCUT2D eigenvalue weighted by Crippen LogP contribution is 2.24. The Morgan fingerprint density at radius 1 is 1.17 bits per heavy atom. The number of carbonyl (C=O) groups is 1. The number of benzene rings is 2. The van der Waals surface area contributed by atoms with Crippen molar-refractivity contribution in [2.75, 3.05) is 12.3 Å². The molecule has 0 atom stereocenters. The van der Waals surface area contributed by atoms with Gasteiger partial charge in [0.1, 0.15) is 0 Å². The van der Waals surface area contributed by atoms with E-state index in [-0.39, 0.29) is 16.6 Å². The highest BCUT2D eigenvalue weighted by molar-refractivity contribution is 7.99. The van der Waals surface area contributed by atoms with Gasteiger partial charge < -0.3 is 9.88 Å². The molecule has 154 valence electrons. The monoisotopic (exact) mass is 432 g/mol. The van der Waals surface area contributed by atoms with Crippen molar-refractivity contribution in [3.05, 3.63) is 54.1 Å². The number of nitrogens with two attached hydrogens (primary N) is 1. The average molecular weight is 433 g/mol. The molecular formula is C20H24N4O3S2. The van der Waals surface area contributed by atoms with E-state index < -0.39 is 10.0 Å². The number of sulfonamides is 1. The Kier molecular flexibility index (Phi) is 6.94. The first-order chi connectivity index (χ1) is 13.9. The molecule has 0 aliphatic carbocycles. The van der Waals surface area contributed by atoms with Crippen LogP contribution in [-0.2, 0) is 27.8 Å². The zero-order valence-corrected chi connectivity index (χ0v) is 17.8. The van der Waals surface area contributed by atoms with E-state index in [4.69, 9.17) is 5.14 Å². The van der Waals surface area contributed by atoms with E-state index in [0.29, 0.717) is 13.0 Å². The van der Waals surface area contributed by atoms with E-state index in [1.807, 2.05) is 24.3 Å². The topological polar surface area (TPSA) is 107 Å². The lowest BCUT2D eigenvalue weighted by molar-refractivity contribution is -0.118. The van der Waals surface area contributed by atoms with Crippen molar-refractivity contribution in [2.45, 2.75) is 36.4 Å². The van der Waals surface area contributed by atoms with Crippen LogP contribution in [0.2, 0.25) is 0 Å². The van der Waals surface area contributed by atoms with Crippen molar-refractivity contribution < 1.29 is 13.2 Å². The molecule has 2 aromatic carbocycles. The van der Waals surface area contributed by atoms with Gasteiger partial charge >= 0.3 is 0 Å². The quantitative estimate of drug-likeness (QED) is 0.505. The first-order valence-corrected chi connectivity index (χ1v) is 11.9. The number of para-hydroxylation sites is 2. The Balaban J connectivity index is 1.51. The largest absolute Gasteiger partial charge is 0.355 e. The maximum Gasteiger partial charge on any atom is 0.238 e. The minimum atomic E-state index is -3.69. The maximum absolute atomic E-state index is 12.2. The van der Waals surface area contributed by atoms with Crippen molar-refractivity contribution in [1.29, 1.82) is 0 Å². The van der Waals surface area contributed by atoms with Crippen LogP contribution in [0.1, 0.15) is 18.9 Å². The third kappa shape index (κ3) is 5.59. The Bertz CT molecular complexity index is 1090. The first kappa shape index (κ1) is 21.4. The number of primary sulfonamides is 1. The minimum absolute atomic E-state index is 0.0636. The van der Waals surface area contributed by atoms with Crippen LogP contribution in [0, 0.1) is 0 Å². The van der Waals surface area contributed by atoms with Gasteiger partial charge in [-0.15, -0.1) is 0 Å². The summed E-state index contributed by atoms with van der Waals surface area (Å²) in [7, 11) is -3.69. The van der Waals surface area contributed by atoms with E-state index in [1.165, 1.54) is 23.9 Å². The summed E-state index contributed by atoms with van der Waals surface area (Å²) in [5, 5.41) is 8.83. The molecule has 3 N–H and O–H groups in total. The fourth-order valence-electron chi connectivity index (χ4n) is 2.98. The van der Waals surface area contributed by atoms with Crippen LogP contribution in [0.3, 0.4) is 0 Å². The van der Waals surface area contributed by atoms with Crippen molar-refractivity contribution in [3.8, 4) is 0 Å². The standard InChI is InChI=1S/C20H24N4O3S2/c1-2-13-24-18-6-4-3-5-17(18)23-20(24)28-14-19(25)22-12-11-15-7-9-16(10-8-15)29(21,26)27/h3-10H,2,11-14H2,1H3,(H,22,25)(H2,21,26,27). The summed E-state index contributed by atoms with van der Waals surface area (Å²) in [6, 6.07) is 14.3. The smallest absolute Gasteiger partial charge is 0.238 e. The number of aromatic nitrogens is 2. The summed E-state index contributed by atoms with van der Waals surface area (Å²) >= 11 is 1.43. The SMILES string of the molecule is CCCn1c(SCC(=O)NCCc2ccc(S(N)(=O)=O)cc2)nc2ccccc21. The first-order valence-electron chi connectivity index (χ1n) is 9.35. The molecular weight excluding hydrogens is 408 g/mol. The Morgan fingerprint density at radius 3 is 2.59 bits per heavy atom. The Hall–Kier alpha value is -2.36. The molecule has 0 saturated heterocycles. The number of nitrogens with one attached hydrogen (secondary N) is 1. The summed E-state index contributed by atoms with van der Waals surface area (Å²) in [6.07, 6.45) is 1.60. The third-order valence-electron chi connectivity index (χ3n) is 4.39. The van der Waals surface area contributed by atoms with Gasteiger partial charge in [0.25, 0.3) is 0 Å². The van der Waals surface area contributed by atoms with Crippen molar-refractivity contribution in [3.63, 3.8) is 0 Å². The summed E-state index contributed by atoms with van der Waals surface area (Å²) < 4.78 is 24.7. The van der Waals surface area contributed by atoms with E-state index in [0.717, 1.165) is 34.7 Å². The number of aryl methyl sites for hydroxylation is 1. The van der Waals surface area contributed by atoms with Gasteiger partial charge in [0.15, 0.2) is 5.16 Å². The van der Waals surface area contributed by atoms with Crippen LogP contribution >= 0.6 is 11.8 Å². The maximum atomic E-state index is 12.2. The number of imidazole rings is 1. The van der Waals surface area contributed by atoms with Crippen LogP contribution in [-0.4, -0.2) is 36.2 Å². The molecule has 1 aromatic heterocycles. The summed E-state index contributed by atoms with van der Waals surface area (Å²) in [5.74, 6) is 0.225. The van der Waals surface area contributed by atoms with E-state index in [2.05, 4.69) is 21.8 Å². The lowest BCUT2D eigenvalue weighted by Crippen LogP contribution is -2.27. The van der Waals surface area contributed by atoms with Crippen LogP contribution in [0.25, 0.3) is 11.0 Å². The van der Waals surface area contributed by atoms with Gasteiger partial charge in [-0.2, -0.15) is 0 Å². The molecule has 0 spiro atoms. The summed E-state index contributed by atoms with van der Waals surface area (Å²) in [4.78, 5) is 16.9. The van der Waals surface area contributed by atoms with Gasteiger partial charge in [-0.05, 0) is 42.7 Å². The number of hydrogen-bond acceptors (Lipinski definition) is 5. The highest BCUT2D eigenvalue weighted by atomic mass is 32.2. The van der Waals surface area contributed by atoms with E-state index in [9.17, 15) is 13.2 Å². The fourth-order valence-corrected chi connectivity index (χ4v) is 4.36. The highest BCUT2D eigenvalue weighted by Gasteiger charge is 2.12. The van der Waals surface area contributed by atoms with Gasteiger partial charge in [-0.25, -0.2) is 18.5 Å². The Labute approximate surface area is 174 Å². The number of amides is 1. The predicted octanol–water partition coefficient (Wildman–Crippen LogP) is 2.54. The molecule has 9 heteroatoms. The van der Waals surface area contributed by atoms with Crippen LogP contribution in [0.5, 0.6) is 0 Å². The zero-order chi connectivity index (χ0) is 20.9. The predicted molar refractivity (Wildman–Crippen MR) is 115 cm³/mol. The lowest BCUT2D eigenvalue weighted by atomic mass is 10.1. The molecule has 0 fully saturated rings. The average Bonchev–Trinajstić information content (AvgIpc) is 3.04.